The number of nitrogens with zero attached hydrogens (tertiary/aromatic N) is 2. The monoisotopic (exact) mass is 218 g/mol. The van der Waals surface area contributed by atoms with Crippen LogP contribution in [0.15, 0.2) is 6.20 Å². The van der Waals surface area contributed by atoms with Gasteiger partial charge in [-0.3, -0.25) is 0 Å². The van der Waals surface area contributed by atoms with Crippen molar-refractivity contribution >= 4 is 11.0 Å². The Morgan fingerprint density at radius 2 is 2.12 bits per heavy atom. The van der Waals surface area contributed by atoms with Crippen LogP contribution in [0.1, 0.15) is 30.9 Å². The number of hydrogen-bond acceptors (Lipinski definition) is 3. The fourth-order valence-corrected chi connectivity index (χ4v) is 1.96. The lowest BCUT2D eigenvalue weighted by atomic mass is 10.1. The van der Waals surface area contributed by atoms with Crippen molar-refractivity contribution in [2.24, 2.45) is 11.7 Å². The van der Waals surface area contributed by atoms with Crippen LogP contribution in [0.2, 0.25) is 0 Å². The maximum atomic E-state index is 5.67. The molecule has 0 saturated carbocycles. The Balaban J connectivity index is 2.52. The number of aromatic nitrogens is 3. The van der Waals surface area contributed by atoms with E-state index in [0.29, 0.717) is 12.5 Å². The van der Waals surface area contributed by atoms with Crippen molar-refractivity contribution in [1.82, 2.24) is 15.0 Å². The van der Waals surface area contributed by atoms with E-state index in [9.17, 15) is 0 Å². The van der Waals surface area contributed by atoms with Crippen LogP contribution >= 0.6 is 0 Å². The maximum absolute atomic E-state index is 5.67. The van der Waals surface area contributed by atoms with E-state index in [4.69, 9.17) is 5.73 Å². The first kappa shape index (κ1) is 11.1. The molecule has 3 N–H and O–H groups in total. The van der Waals surface area contributed by atoms with Gasteiger partial charge in [-0.1, -0.05) is 13.8 Å². The molecule has 4 heteroatoms. The summed E-state index contributed by atoms with van der Waals surface area (Å²) in [6, 6.07) is 0. The van der Waals surface area contributed by atoms with Gasteiger partial charge in [-0.05, 0) is 18.4 Å². The third-order valence-corrected chi connectivity index (χ3v) is 2.65. The van der Waals surface area contributed by atoms with Crippen molar-refractivity contribution in [2.75, 3.05) is 0 Å². The predicted molar refractivity (Wildman–Crippen MR) is 65.1 cm³/mol. The number of nitrogens with one attached hydrogen (secondary N) is 1. The van der Waals surface area contributed by atoms with Gasteiger partial charge in [-0.25, -0.2) is 9.97 Å². The summed E-state index contributed by atoms with van der Waals surface area (Å²) < 4.78 is 0. The van der Waals surface area contributed by atoms with Crippen molar-refractivity contribution in [3.05, 3.63) is 23.3 Å². The lowest BCUT2D eigenvalue weighted by molar-refractivity contribution is 0.621. The molecule has 2 aromatic rings. The minimum Gasteiger partial charge on any atom is -0.346 e. The predicted octanol–water partition coefficient (Wildman–Crippen LogP) is 1.92. The Kier molecular flexibility index (Phi) is 2.92. The zero-order chi connectivity index (χ0) is 11.7. The molecule has 2 rings (SSSR count). The van der Waals surface area contributed by atoms with E-state index in [1.165, 1.54) is 0 Å². The molecule has 0 spiro atoms. The van der Waals surface area contributed by atoms with Gasteiger partial charge >= 0.3 is 0 Å². The van der Waals surface area contributed by atoms with Crippen LogP contribution in [-0.2, 0) is 13.0 Å². The lowest BCUT2D eigenvalue weighted by Gasteiger charge is -2.05. The smallest absolute Gasteiger partial charge is 0.141 e. The van der Waals surface area contributed by atoms with Crippen molar-refractivity contribution in [1.29, 1.82) is 0 Å². The fourth-order valence-electron chi connectivity index (χ4n) is 1.96. The molecule has 16 heavy (non-hydrogen) atoms. The van der Waals surface area contributed by atoms with Gasteiger partial charge in [0.25, 0.3) is 0 Å². The van der Waals surface area contributed by atoms with Gasteiger partial charge in [0.05, 0.1) is 5.69 Å². The van der Waals surface area contributed by atoms with E-state index < -0.39 is 0 Å². The number of nitrogens with two attached hydrogens (primary N) is 1. The van der Waals surface area contributed by atoms with Crippen LogP contribution in [0.25, 0.3) is 11.0 Å². The second-order valence-corrected chi connectivity index (χ2v) is 4.56. The molecule has 0 aliphatic heterocycles. The highest BCUT2D eigenvalue weighted by molar-refractivity contribution is 5.82. The number of fused-ring (bicyclic) bond motifs is 1. The minimum atomic E-state index is 0.522. The molecule has 86 valence electrons. The SMILES string of the molecule is Cc1nc(CC(C)C)nc2[nH]cc(CN)c12. The van der Waals surface area contributed by atoms with E-state index in [0.717, 1.165) is 34.5 Å². The Hall–Kier alpha value is -1.42. The van der Waals surface area contributed by atoms with Gasteiger partial charge in [0.1, 0.15) is 11.5 Å². The molecule has 0 bridgehead atoms. The zero-order valence-electron chi connectivity index (χ0n) is 10.0. The first-order valence-electron chi connectivity index (χ1n) is 5.65. The van der Waals surface area contributed by atoms with Gasteiger partial charge < -0.3 is 10.7 Å². The van der Waals surface area contributed by atoms with Crippen molar-refractivity contribution in [3.8, 4) is 0 Å². The number of rotatable bonds is 3. The molecule has 2 heterocycles. The van der Waals surface area contributed by atoms with Crippen LogP contribution in [-0.4, -0.2) is 15.0 Å². The number of aryl methyl sites for hydroxylation is 1. The number of aromatic amines is 1. The van der Waals surface area contributed by atoms with Crippen molar-refractivity contribution in [2.45, 2.75) is 33.7 Å². The van der Waals surface area contributed by atoms with Crippen LogP contribution in [0.3, 0.4) is 0 Å². The highest BCUT2D eigenvalue weighted by Crippen LogP contribution is 2.19. The topological polar surface area (TPSA) is 67.6 Å². The molecule has 0 fully saturated rings. The normalized spacial score (nSPS) is 11.6. The van der Waals surface area contributed by atoms with Crippen molar-refractivity contribution in [3.63, 3.8) is 0 Å². The quantitative estimate of drug-likeness (QED) is 0.827. The summed E-state index contributed by atoms with van der Waals surface area (Å²) in [6.45, 7) is 6.88. The highest BCUT2D eigenvalue weighted by Gasteiger charge is 2.10. The van der Waals surface area contributed by atoms with Crippen molar-refractivity contribution < 1.29 is 0 Å². The molecule has 2 aromatic heterocycles. The van der Waals surface area contributed by atoms with Gasteiger partial charge in [0.2, 0.25) is 0 Å². The highest BCUT2D eigenvalue weighted by atomic mass is 15.0. The van der Waals surface area contributed by atoms with Gasteiger partial charge in [-0.2, -0.15) is 0 Å². The average Bonchev–Trinajstić information content (AvgIpc) is 2.59. The summed E-state index contributed by atoms with van der Waals surface area (Å²) in [5, 5.41) is 1.08. The van der Waals surface area contributed by atoms with E-state index in [-0.39, 0.29) is 0 Å². The molecule has 0 saturated heterocycles. The van der Waals surface area contributed by atoms with Gasteiger partial charge in [0, 0.05) is 24.5 Å². The average molecular weight is 218 g/mol. The lowest BCUT2D eigenvalue weighted by Crippen LogP contribution is -2.03. The largest absolute Gasteiger partial charge is 0.346 e. The first-order valence-corrected chi connectivity index (χ1v) is 5.65. The Morgan fingerprint density at radius 3 is 2.75 bits per heavy atom. The van der Waals surface area contributed by atoms with E-state index in [1.54, 1.807) is 0 Å². The molecule has 0 amide bonds. The van der Waals surface area contributed by atoms with Crippen LogP contribution in [0, 0.1) is 12.8 Å². The third-order valence-electron chi connectivity index (χ3n) is 2.65. The molecular formula is C12H18N4. The van der Waals surface area contributed by atoms with Gasteiger partial charge in [-0.15, -0.1) is 0 Å². The Labute approximate surface area is 95.3 Å². The Morgan fingerprint density at radius 1 is 1.38 bits per heavy atom. The summed E-state index contributed by atoms with van der Waals surface area (Å²) in [5.74, 6) is 1.48. The molecule has 0 aliphatic rings. The maximum Gasteiger partial charge on any atom is 0.141 e. The van der Waals surface area contributed by atoms with Crippen LogP contribution in [0.4, 0.5) is 0 Å². The van der Waals surface area contributed by atoms with E-state index >= 15 is 0 Å². The summed E-state index contributed by atoms with van der Waals surface area (Å²) in [7, 11) is 0. The summed E-state index contributed by atoms with van der Waals surface area (Å²) in [4.78, 5) is 12.2. The molecule has 4 nitrogen and oxygen atoms in total. The molecule has 0 aliphatic carbocycles. The summed E-state index contributed by atoms with van der Waals surface area (Å²) in [6.07, 6.45) is 2.83. The molecule has 0 aromatic carbocycles. The molecule has 0 radical (unpaired) electrons. The summed E-state index contributed by atoms with van der Waals surface area (Å²) >= 11 is 0. The fraction of sp³-hybridized carbons (Fsp3) is 0.500. The third kappa shape index (κ3) is 1.93. The molecule has 0 atom stereocenters. The summed E-state index contributed by atoms with van der Waals surface area (Å²) in [5.41, 5.74) is 8.68. The molecule has 0 unspecified atom stereocenters. The number of H-pyrrole nitrogens is 1. The molecular weight excluding hydrogens is 200 g/mol. The van der Waals surface area contributed by atoms with Gasteiger partial charge in [0.15, 0.2) is 0 Å². The Bertz CT molecular complexity index is 499. The van der Waals surface area contributed by atoms with Crippen LogP contribution in [0.5, 0.6) is 0 Å². The second-order valence-electron chi connectivity index (χ2n) is 4.56. The standard InChI is InChI=1S/C12H18N4/c1-7(2)4-10-15-8(3)11-9(5-13)6-14-12(11)16-10/h6-7H,4-5,13H2,1-3H3,(H,14,15,16). The minimum absolute atomic E-state index is 0.522. The first-order chi connectivity index (χ1) is 7.61. The van der Waals surface area contributed by atoms with E-state index in [1.807, 2.05) is 13.1 Å². The van der Waals surface area contributed by atoms with E-state index in [2.05, 4.69) is 28.8 Å². The van der Waals surface area contributed by atoms with Crippen LogP contribution < -0.4 is 5.73 Å². The number of hydrogen-bond donors (Lipinski definition) is 2. The zero-order valence-corrected chi connectivity index (χ0v) is 10.0. The second kappa shape index (κ2) is 4.22.